The first-order valence-electron chi connectivity index (χ1n) is 8.71. The molecule has 4 rings (SSSR count). The average molecular weight is 395 g/mol. The monoisotopic (exact) mass is 394 g/mol. The highest BCUT2D eigenvalue weighted by atomic mass is 32.2. The standard InChI is InChI=1S/C21H18N2O2S2/c1-3-15-8-9-19(27-15)18(24)12-26-21-22-17-11-14-7-5-4-6-13(14)10-16(17)20(25)23(21)2/h4-11H,3,12H2,1-2H3. The van der Waals surface area contributed by atoms with E-state index in [0.29, 0.717) is 16.1 Å². The van der Waals surface area contributed by atoms with Crippen LogP contribution in [0.2, 0.25) is 0 Å². The highest BCUT2D eigenvalue weighted by molar-refractivity contribution is 7.99. The predicted octanol–water partition coefficient (Wildman–Crippen LogP) is 4.69. The summed E-state index contributed by atoms with van der Waals surface area (Å²) in [6, 6.07) is 15.6. The molecule has 2 aromatic carbocycles. The van der Waals surface area contributed by atoms with Crippen LogP contribution in [-0.4, -0.2) is 21.1 Å². The topological polar surface area (TPSA) is 52.0 Å². The molecule has 136 valence electrons. The minimum atomic E-state index is -0.0925. The molecule has 0 spiro atoms. The number of aryl methyl sites for hydroxylation is 1. The minimum Gasteiger partial charge on any atom is -0.292 e. The lowest BCUT2D eigenvalue weighted by Gasteiger charge is -2.09. The van der Waals surface area contributed by atoms with Crippen molar-refractivity contribution in [3.8, 4) is 0 Å². The number of nitrogens with zero attached hydrogens (tertiary/aromatic N) is 2. The highest BCUT2D eigenvalue weighted by Crippen LogP contribution is 2.24. The predicted molar refractivity (Wildman–Crippen MR) is 113 cm³/mol. The van der Waals surface area contributed by atoms with Crippen molar-refractivity contribution in [2.75, 3.05) is 5.75 Å². The fourth-order valence-electron chi connectivity index (χ4n) is 2.99. The van der Waals surface area contributed by atoms with E-state index in [4.69, 9.17) is 0 Å². The molecule has 6 heteroatoms. The second-order valence-electron chi connectivity index (χ2n) is 6.31. The first-order chi connectivity index (χ1) is 13.1. The summed E-state index contributed by atoms with van der Waals surface area (Å²) in [4.78, 5) is 31.8. The number of carbonyl (C=O) groups excluding carboxylic acids is 1. The summed E-state index contributed by atoms with van der Waals surface area (Å²) in [6.07, 6.45) is 0.930. The zero-order chi connectivity index (χ0) is 19.0. The Hall–Kier alpha value is -2.44. The van der Waals surface area contributed by atoms with Crippen molar-refractivity contribution >= 4 is 50.6 Å². The van der Waals surface area contributed by atoms with Gasteiger partial charge in [-0.2, -0.15) is 0 Å². The van der Waals surface area contributed by atoms with E-state index in [1.54, 1.807) is 7.05 Å². The molecule has 0 aliphatic rings. The van der Waals surface area contributed by atoms with Crippen LogP contribution in [0, 0.1) is 0 Å². The molecule has 0 unspecified atom stereocenters. The van der Waals surface area contributed by atoms with Crippen LogP contribution in [0.4, 0.5) is 0 Å². The fraction of sp³-hybridized carbons (Fsp3) is 0.190. The number of hydrogen-bond acceptors (Lipinski definition) is 5. The SMILES string of the molecule is CCc1ccc(C(=O)CSc2nc3cc4ccccc4cc3c(=O)n2C)s1. The molecule has 4 nitrogen and oxygen atoms in total. The Morgan fingerprint density at radius 2 is 1.89 bits per heavy atom. The lowest BCUT2D eigenvalue weighted by Crippen LogP contribution is -2.20. The smallest absolute Gasteiger partial charge is 0.261 e. The maximum atomic E-state index is 12.8. The number of thioether (sulfide) groups is 1. The average Bonchev–Trinajstić information content (AvgIpc) is 3.17. The molecule has 0 aliphatic carbocycles. The Bertz CT molecular complexity index is 1220. The van der Waals surface area contributed by atoms with E-state index >= 15 is 0 Å². The van der Waals surface area contributed by atoms with Gasteiger partial charge in [-0.05, 0) is 41.5 Å². The molecule has 0 radical (unpaired) electrons. The van der Waals surface area contributed by atoms with Gasteiger partial charge in [0.05, 0.1) is 21.5 Å². The van der Waals surface area contributed by atoms with Crippen LogP contribution in [0.25, 0.3) is 21.7 Å². The third kappa shape index (κ3) is 3.42. The molecule has 0 saturated heterocycles. The third-order valence-corrected chi connectivity index (χ3v) is 6.82. The number of thiophene rings is 1. The molecule has 0 atom stereocenters. The van der Waals surface area contributed by atoms with Crippen LogP contribution in [-0.2, 0) is 13.5 Å². The molecular weight excluding hydrogens is 376 g/mol. The van der Waals surface area contributed by atoms with Crippen LogP contribution >= 0.6 is 23.1 Å². The molecular formula is C21H18N2O2S2. The molecule has 0 N–H and O–H groups in total. The van der Waals surface area contributed by atoms with Crippen LogP contribution in [0.1, 0.15) is 21.5 Å². The number of hydrogen-bond donors (Lipinski definition) is 0. The normalized spacial score (nSPS) is 11.3. The summed E-state index contributed by atoms with van der Waals surface area (Å²) in [6.45, 7) is 2.08. The minimum absolute atomic E-state index is 0.0672. The van der Waals surface area contributed by atoms with Gasteiger partial charge in [0.1, 0.15) is 0 Å². The van der Waals surface area contributed by atoms with Gasteiger partial charge in [0.15, 0.2) is 10.9 Å². The van der Waals surface area contributed by atoms with Crippen molar-refractivity contribution in [3.63, 3.8) is 0 Å². The van der Waals surface area contributed by atoms with Crippen LogP contribution in [0.15, 0.2) is 58.5 Å². The van der Waals surface area contributed by atoms with Crippen molar-refractivity contribution in [2.45, 2.75) is 18.5 Å². The van der Waals surface area contributed by atoms with Crippen molar-refractivity contribution in [1.82, 2.24) is 9.55 Å². The molecule has 0 amide bonds. The van der Waals surface area contributed by atoms with Crippen molar-refractivity contribution in [2.24, 2.45) is 7.05 Å². The quantitative estimate of drug-likeness (QED) is 0.213. The number of ketones is 1. The highest BCUT2D eigenvalue weighted by Gasteiger charge is 2.14. The molecule has 0 aliphatic heterocycles. The summed E-state index contributed by atoms with van der Waals surface area (Å²) in [5.74, 6) is 0.334. The van der Waals surface area contributed by atoms with Crippen molar-refractivity contribution in [1.29, 1.82) is 0 Å². The van der Waals surface area contributed by atoms with Gasteiger partial charge in [0, 0.05) is 11.9 Å². The van der Waals surface area contributed by atoms with Gasteiger partial charge in [-0.1, -0.05) is 43.0 Å². The lowest BCUT2D eigenvalue weighted by molar-refractivity contribution is 0.102. The number of rotatable bonds is 5. The molecule has 0 bridgehead atoms. The number of benzene rings is 2. The van der Waals surface area contributed by atoms with Crippen LogP contribution < -0.4 is 5.56 Å². The molecule has 0 saturated carbocycles. The van der Waals surface area contributed by atoms with E-state index in [-0.39, 0.29) is 17.1 Å². The second-order valence-corrected chi connectivity index (χ2v) is 8.42. The molecule has 0 fully saturated rings. The van der Waals surface area contributed by atoms with Gasteiger partial charge in [-0.3, -0.25) is 14.2 Å². The van der Waals surface area contributed by atoms with Gasteiger partial charge in [0.25, 0.3) is 5.56 Å². The Kier molecular flexibility index (Phi) is 4.85. The van der Waals surface area contributed by atoms with Gasteiger partial charge in [0.2, 0.25) is 0 Å². The Morgan fingerprint density at radius 1 is 1.15 bits per heavy atom. The number of carbonyl (C=O) groups is 1. The first kappa shape index (κ1) is 17.9. The summed E-state index contributed by atoms with van der Waals surface area (Å²) in [5.41, 5.74) is 0.571. The van der Waals surface area contributed by atoms with E-state index in [9.17, 15) is 9.59 Å². The number of fused-ring (bicyclic) bond motifs is 2. The molecule has 4 aromatic rings. The summed E-state index contributed by atoms with van der Waals surface area (Å²) in [7, 11) is 1.71. The van der Waals surface area contributed by atoms with Gasteiger partial charge >= 0.3 is 0 Å². The number of aromatic nitrogens is 2. The molecule has 27 heavy (non-hydrogen) atoms. The largest absolute Gasteiger partial charge is 0.292 e. The number of Topliss-reactive ketones (excluding diaryl/α,β-unsaturated/α-hetero) is 1. The fourth-order valence-corrected chi connectivity index (χ4v) is 4.82. The Morgan fingerprint density at radius 3 is 2.59 bits per heavy atom. The summed E-state index contributed by atoms with van der Waals surface area (Å²) in [5, 5.41) is 3.22. The van der Waals surface area contributed by atoms with Crippen LogP contribution in [0.3, 0.4) is 0 Å². The van der Waals surface area contributed by atoms with Gasteiger partial charge in [-0.25, -0.2) is 4.98 Å². The lowest BCUT2D eigenvalue weighted by atomic mass is 10.1. The van der Waals surface area contributed by atoms with E-state index in [1.807, 2.05) is 48.5 Å². The van der Waals surface area contributed by atoms with Crippen molar-refractivity contribution < 1.29 is 4.79 Å². The summed E-state index contributed by atoms with van der Waals surface area (Å²) < 4.78 is 1.53. The first-order valence-corrected chi connectivity index (χ1v) is 10.5. The third-order valence-electron chi connectivity index (χ3n) is 4.52. The van der Waals surface area contributed by atoms with E-state index in [1.165, 1.54) is 32.5 Å². The molecule has 2 heterocycles. The zero-order valence-corrected chi connectivity index (χ0v) is 16.7. The summed E-state index contributed by atoms with van der Waals surface area (Å²) >= 11 is 2.85. The van der Waals surface area contributed by atoms with Gasteiger partial charge < -0.3 is 0 Å². The van der Waals surface area contributed by atoms with E-state index < -0.39 is 0 Å². The van der Waals surface area contributed by atoms with Gasteiger partial charge in [-0.15, -0.1) is 11.3 Å². The van der Waals surface area contributed by atoms with E-state index in [2.05, 4.69) is 11.9 Å². The molecule has 2 aromatic heterocycles. The Balaban J connectivity index is 1.67. The maximum Gasteiger partial charge on any atom is 0.261 e. The van der Waals surface area contributed by atoms with Crippen molar-refractivity contribution in [3.05, 3.63) is 68.6 Å². The van der Waals surface area contributed by atoms with Crippen LogP contribution in [0.5, 0.6) is 0 Å². The maximum absolute atomic E-state index is 12.8. The second kappa shape index (κ2) is 7.29. The Labute approximate surface area is 164 Å². The van der Waals surface area contributed by atoms with E-state index in [0.717, 1.165) is 22.1 Å². The zero-order valence-electron chi connectivity index (χ0n) is 15.1.